The molecule has 0 bridgehead atoms. The Bertz CT molecular complexity index is 580. The number of nitrogens with zero attached hydrogens (tertiary/aromatic N) is 2. The van der Waals surface area contributed by atoms with Crippen LogP contribution in [0.2, 0.25) is 0 Å². The number of piperidine rings is 1. The summed E-state index contributed by atoms with van der Waals surface area (Å²) < 4.78 is 0. The molecule has 0 spiro atoms. The summed E-state index contributed by atoms with van der Waals surface area (Å²) in [5.74, 6) is 5.44. The highest BCUT2D eigenvalue weighted by molar-refractivity contribution is 6.24. The van der Waals surface area contributed by atoms with Crippen LogP contribution in [0.15, 0.2) is 18.3 Å². The third-order valence-corrected chi connectivity index (χ3v) is 3.17. The fourth-order valence-electron chi connectivity index (χ4n) is 2.18. The normalized spacial score (nSPS) is 24.6. The van der Waals surface area contributed by atoms with E-state index in [4.69, 9.17) is 5.73 Å². The van der Waals surface area contributed by atoms with Gasteiger partial charge in [-0.3, -0.25) is 9.59 Å². The third kappa shape index (κ3) is 1.59. The number of imide groups is 1. The molecule has 0 aromatic carbocycles. The van der Waals surface area contributed by atoms with Gasteiger partial charge in [-0.2, -0.15) is 0 Å². The van der Waals surface area contributed by atoms with E-state index in [0.717, 1.165) is 0 Å². The van der Waals surface area contributed by atoms with Crippen molar-refractivity contribution in [3.63, 3.8) is 0 Å². The molecule has 1 aromatic heterocycles. The minimum Gasteiger partial charge on any atom is -0.320 e. The highest BCUT2D eigenvalue weighted by Gasteiger charge is 2.59. The summed E-state index contributed by atoms with van der Waals surface area (Å²) in [6, 6.07) is 3.36. The SMILES string of the molecule is NCC#Cc1ccnc(N2C(=O)C3CC3C2=O)c1. The van der Waals surface area contributed by atoms with Crippen molar-refractivity contribution in [1.29, 1.82) is 0 Å². The molecular formula is C13H11N3O2. The number of amides is 2. The largest absolute Gasteiger partial charge is 0.320 e. The Kier molecular flexibility index (Phi) is 2.39. The third-order valence-electron chi connectivity index (χ3n) is 3.17. The van der Waals surface area contributed by atoms with Gasteiger partial charge in [-0.05, 0) is 18.6 Å². The Morgan fingerprint density at radius 1 is 1.39 bits per heavy atom. The van der Waals surface area contributed by atoms with Gasteiger partial charge in [0.05, 0.1) is 18.4 Å². The molecule has 3 rings (SSSR count). The Morgan fingerprint density at radius 2 is 2.11 bits per heavy atom. The van der Waals surface area contributed by atoms with Gasteiger partial charge < -0.3 is 5.73 Å². The molecular weight excluding hydrogens is 230 g/mol. The molecule has 2 fully saturated rings. The van der Waals surface area contributed by atoms with E-state index in [0.29, 0.717) is 17.8 Å². The van der Waals surface area contributed by atoms with Gasteiger partial charge >= 0.3 is 0 Å². The molecule has 2 heterocycles. The highest BCUT2D eigenvalue weighted by Crippen LogP contribution is 2.47. The molecule has 90 valence electrons. The second kappa shape index (κ2) is 3.93. The number of pyridine rings is 1. The van der Waals surface area contributed by atoms with Crippen molar-refractivity contribution in [3.8, 4) is 11.8 Å². The molecule has 2 N–H and O–H groups in total. The number of hydrogen-bond acceptors (Lipinski definition) is 4. The van der Waals surface area contributed by atoms with E-state index in [9.17, 15) is 9.59 Å². The van der Waals surface area contributed by atoms with Crippen molar-refractivity contribution in [1.82, 2.24) is 4.98 Å². The van der Waals surface area contributed by atoms with E-state index in [1.165, 1.54) is 4.90 Å². The number of aromatic nitrogens is 1. The van der Waals surface area contributed by atoms with E-state index < -0.39 is 0 Å². The first-order valence-corrected chi connectivity index (χ1v) is 5.75. The first kappa shape index (κ1) is 10.9. The van der Waals surface area contributed by atoms with Gasteiger partial charge in [0.2, 0.25) is 11.8 Å². The van der Waals surface area contributed by atoms with Gasteiger partial charge in [0, 0.05) is 11.8 Å². The van der Waals surface area contributed by atoms with Crippen LogP contribution in [-0.2, 0) is 9.59 Å². The molecule has 5 nitrogen and oxygen atoms in total. The highest BCUT2D eigenvalue weighted by atomic mass is 16.2. The maximum atomic E-state index is 11.9. The molecule has 2 unspecified atom stereocenters. The van der Waals surface area contributed by atoms with Crippen LogP contribution in [0.5, 0.6) is 0 Å². The number of hydrogen-bond donors (Lipinski definition) is 1. The monoisotopic (exact) mass is 241 g/mol. The van der Waals surface area contributed by atoms with Crippen LogP contribution in [0.25, 0.3) is 0 Å². The van der Waals surface area contributed by atoms with Gasteiger partial charge in [-0.1, -0.05) is 11.8 Å². The predicted octanol–water partition coefficient (Wildman–Crippen LogP) is -0.0989. The summed E-state index contributed by atoms with van der Waals surface area (Å²) in [7, 11) is 0. The number of fused-ring (bicyclic) bond motifs is 1. The lowest BCUT2D eigenvalue weighted by molar-refractivity contribution is -0.123. The van der Waals surface area contributed by atoms with E-state index >= 15 is 0 Å². The van der Waals surface area contributed by atoms with Gasteiger partial charge in [-0.25, -0.2) is 9.88 Å². The smallest absolute Gasteiger partial charge is 0.238 e. The van der Waals surface area contributed by atoms with Gasteiger partial charge in [0.15, 0.2) is 0 Å². The molecule has 1 saturated carbocycles. The first-order valence-electron chi connectivity index (χ1n) is 5.75. The van der Waals surface area contributed by atoms with Crippen LogP contribution >= 0.6 is 0 Å². The number of carbonyl (C=O) groups is 2. The van der Waals surface area contributed by atoms with Crippen molar-refractivity contribution >= 4 is 17.6 Å². The van der Waals surface area contributed by atoms with Crippen LogP contribution in [0.4, 0.5) is 5.82 Å². The van der Waals surface area contributed by atoms with E-state index in [-0.39, 0.29) is 30.2 Å². The molecule has 1 saturated heterocycles. The zero-order chi connectivity index (χ0) is 12.7. The maximum Gasteiger partial charge on any atom is 0.238 e. The van der Waals surface area contributed by atoms with Crippen LogP contribution in [0.1, 0.15) is 12.0 Å². The maximum absolute atomic E-state index is 11.9. The summed E-state index contributed by atoms with van der Waals surface area (Å²) in [4.78, 5) is 29.0. The van der Waals surface area contributed by atoms with Crippen molar-refractivity contribution in [3.05, 3.63) is 23.9 Å². The predicted molar refractivity (Wildman–Crippen MR) is 64.3 cm³/mol. The van der Waals surface area contributed by atoms with Crippen LogP contribution < -0.4 is 10.6 Å². The van der Waals surface area contributed by atoms with Gasteiger partial charge in [0.1, 0.15) is 5.82 Å². The lowest BCUT2D eigenvalue weighted by Crippen LogP contribution is -2.33. The number of carbonyl (C=O) groups excluding carboxylic acids is 2. The fraction of sp³-hybridized carbons (Fsp3) is 0.308. The van der Waals surface area contributed by atoms with E-state index in [2.05, 4.69) is 16.8 Å². The summed E-state index contributed by atoms with van der Waals surface area (Å²) in [6.45, 7) is 0.267. The zero-order valence-corrected chi connectivity index (χ0v) is 9.59. The molecule has 1 aliphatic carbocycles. The Labute approximate surface area is 104 Å². The second-order valence-electron chi connectivity index (χ2n) is 4.37. The quantitative estimate of drug-likeness (QED) is 0.550. The molecule has 2 amide bonds. The lowest BCUT2D eigenvalue weighted by atomic mass is 10.2. The topological polar surface area (TPSA) is 76.3 Å². The van der Waals surface area contributed by atoms with E-state index in [1.54, 1.807) is 18.3 Å². The average Bonchev–Trinajstić information content (AvgIpc) is 3.12. The van der Waals surface area contributed by atoms with E-state index in [1.807, 2.05) is 0 Å². The Morgan fingerprint density at radius 3 is 2.78 bits per heavy atom. The molecule has 0 radical (unpaired) electrons. The number of rotatable bonds is 1. The molecule has 2 atom stereocenters. The minimum absolute atomic E-state index is 0.113. The summed E-state index contributed by atoms with van der Waals surface area (Å²) in [5.41, 5.74) is 6.00. The summed E-state index contributed by atoms with van der Waals surface area (Å²) in [5, 5.41) is 0. The lowest BCUT2D eigenvalue weighted by Gasteiger charge is -2.14. The fourth-order valence-corrected chi connectivity index (χ4v) is 2.18. The molecule has 18 heavy (non-hydrogen) atoms. The Hall–Kier alpha value is -2.19. The van der Waals surface area contributed by atoms with Gasteiger partial charge in [-0.15, -0.1) is 0 Å². The summed E-state index contributed by atoms with van der Waals surface area (Å²) >= 11 is 0. The number of nitrogens with two attached hydrogens (primary N) is 1. The molecule has 1 aliphatic heterocycles. The second-order valence-corrected chi connectivity index (χ2v) is 4.37. The van der Waals surface area contributed by atoms with Crippen LogP contribution in [0, 0.1) is 23.7 Å². The van der Waals surface area contributed by atoms with Crippen molar-refractivity contribution < 1.29 is 9.59 Å². The first-order chi connectivity index (χ1) is 8.72. The molecule has 2 aliphatic rings. The van der Waals surface area contributed by atoms with Crippen molar-refractivity contribution in [2.45, 2.75) is 6.42 Å². The Balaban J connectivity index is 1.93. The molecule has 5 heteroatoms. The van der Waals surface area contributed by atoms with Crippen LogP contribution in [0.3, 0.4) is 0 Å². The summed E-state index contributed by atoms with van der Waals surface area (Å²) in [6.07, 6.45) is 2.24. The zero-order valence-electron chi connectivity index (χ0n) is 9.59. The standard InChI is InChI=1S/C13H11N3O2/c14-4-1-2-8-3-5-15-11(6-8)16-12(17)9-7-10(9)13(16)18/h3,5-6,9-10H,4,7,14H2. The number of anilines is 1. The molecule has 1 aromatic rings. The van der Waals surface area contributed by atoms with Gasteiger partial charge in [0.25, 0.3) is 0 Å². The van der Waals surface area contributed by atoms with Crippen molar-refractivity contribution in [2.75, 3.05) is 11.4 Å². The average molecular weight is 241 g/mol. The minimum atomic E-state index is -0.138. The van der Waals surface area contributed by atoms with Crippen molar-refractivity contribution in [2.24, 2.45) is 17.6 Å². The van der Waals surface area contributed by atoms with Crippen LogP contribution in [-0.4, -0.2) is 23.3 Å².